The Kier molecular flexibility index (Phi) is 3.86. The molecule has 0 saturated carbocycles. The van der Waals surface area contributed by atoms with E-state index in [-0.39, 0.29) is 5.91 Å². The smallest absolute Gasteiger partial charge is 0.276 e. The average Bonchev–Trinajstić information content (AvgIpc) is 3.38. The quantitative estimate of drug-likeness (QED) is 0.806. The molecule has 0 radical (unpaired) electrons. The fourth-order valence-electron chi connectivity index (χ4n) is 6.34. The summed E-state index contributed by atoms with van der Waals surface area (Å²) in [7, 11) is 0. The zero-order valence-corrected chi connectivity index (χ0v) is 16.2. The number of rotatable bonds is 2. The summed E-state index contributed by atoms with van der Waals surface area (Å²) in [5.41, 5.74) is 3.04. The van der Waals surface area contributed by atoms with Gasteiger partial charge in [0.1, 0.15) is 5.76 Å². The lowest BCUT2D eigenvalue weighted by Gasteiger charge is -2.51. The van der Waals surface area contributed by atoms with Gasteiger partial charge in [0.25, 0.3) is 5.91 Å². The van der Waals surface area contributed by atoms with Crippen LogP contribution >= 0.6 is 0 Å². The number of aromatic nitrogens is 1. The molecule has 7 rings (SSSR count). The fourth-order valence-corrected chi connectivity index (χ4v) is 6.34. The molecule has 0 N–H and O–H groups in total. The van der Waals surface area contributed by atoms with Gasteiger partial charge < -0.3 is 9.42 Å². The van der Waals surface area contributed by atoms with E-state index in [4.69, 9.17) is 4.52 Å². The van der Waals surface area contributed by atoms with Crippen LogP contribution in [0.5, 0.6) is 0 Å². The molecular weight excluding hydrogens is 350 g/mol. The Balaban J connectivity index is 1.38. The molecule has 28 heavy (non-hydrogen) atoms. The molecule has 5 aliphatic rings. The zero-order valence-electron chi connectivity index (χ0n) is 16.2. The number of hydrogen-bond acceptors (Lipinski definition) is 4. The first-order chi connectivity index (χ1) is 13.8. The van der Waals surface area contributed by atoms with E-state index >= 15 is 0 Å². The molecule has 1 aromatic heterocycles. The number of piperidine rings is 3. The lowest BCUT2D eigenvalue weighted by molar-refractivity contribution is -0.00371. The normalized spacial score (nSPS) is 33.6. The van der Waals surface area contributed by atoms with Gasteiger partial charge in [0.15, 0.2) is 5.69 Å². The molecule has 4 fully saturated rings. The maximum absolute atomic E-state index is 13.7. The number of fused-ring (bicyclic) bond motifs is 3. The van der Waals surface area contributed by atoms with E-state index in [0.717, 1.165) is 43.6 Å². The second-order valence-electron chi connectivity index (χ2n) is 8.97. The molecule has 5 nitrogen and oxygen atoms in total. The molecule has 0 unspecified atom stereocenters. The number of amides is 1. The van der Waals surface area contributed by atoms with Crippen molar-refractivity contribution in [2.75, 3.05) is 19.6 Å². The molecule has 0 spiro atoms. The maximum Gasteiger partial charge on any atom is 0.276 e. The molecule has 2 aromatic rings. The Morgan fingerprint density at radius 2 is 1.82 bits per heavy atom. The van der Waals surface area contributed by atoms with Gasteiger partial charge >= 0.3 is 0 Å². The molecule has 5 heterocycles. The van der Waals surface area contributed by atoms with Gasteiger partial charge in [0.05, 0.1) is 6.04 Å². The minimum absolute atomic E-state index is 0.106. The highest BCUT2D eigenvalue weighted by Crippen LogP contribution is 2.47. The maximum atomic E-state index is 13.7. The first-order valence-corrected chi connectivity index (χ1v) is 10.9. The van der Waals surface area contributed by atoms with E-state index in [1.807, 2.05) is 0 Å². The number of nitrogens with zero attached hydrogens (tertiary/aromatic N) is 3. The van der Waals surface area contributed by atoms with Gasteiger partial charge in [-0.3, -0.25) is 9.69 Å². The Morgan fingerprint density at radius 3 is 2.64 bits per heavy atom. The highest BCUT2D eigenvalue weighted by atomic mass is 16.5. The van der Waals surface area contributed by atoms with Crippen LogP contribution in [0.25, 0.3) is 0 Å². The van der Waals surface area contributed by atoms with Crippen LogP contribution < -0.4 is 0 Å². The number of aryl methyl sites for hydroxylation is 1. The SMILES string of the molecule is O=C(c1noc2c1CCCC2)N1C[C@@H](c2ccccc2)[C@@H]2[C@H]1C1CCN2CC1. The molecule has 1 aliphatic carbocycles. The summed E-state index contributed by atoms with van der Waals surface area (Å²) in [6.45, 7) is 3.15. The predicted octanol–water partition coefficient (Wildman–Crippen LogP) is 3.26. The number of carbonyl (C=O) groups is 1. The van der Waals surface area contributed by atoms with E-state index in [0.29, 0.717) is 29.6 Å². The molecule has 3 atom stereocenters. The van der Waals surface area contributed by atoms with Crippen molar-refractivity contribution in [2.24, 2.45) is 5.92 Å². The van der Waals surface area contributed by atoms with E-state index in [1.54, 1.807) is 0 Å². The van der Waals surface area contributed by atoms with Crippen LogP contribution in [-0.2, 0) is 12.8 Å². The van der Waals surface area contributed by atoms with Crippen molar-refractivity contribution in [2.45, 2.75) is 56.5 Å². The van der Waals surface area contributed by atoms with Gasteiger partial charge in [0, 0.05) is 30.5 Å². The van der Waals surface area contributed by atoms with Gasteiger partial charge in [-0.2, -0.15) is 0 Å². The van der Waals surface area contributed by atoms with Crippen LogP contribution in [0.3, 0.4) is 0 Å². The first kappa shape index (κ1) is 16.8. The summed E-state index contributed by atoms with van der Waals surface area (Å²) in [6.07, 6.45) is 6.54. The van der Waals surface area contributed by atoms with Crippen molar-refractivity contribution in [3.63, 3.8) is 0 Å². The fraction of sp³-hybridized carbons (Fsp3) is 0.565. The Bertz CT molecular complexity index is 885. The lowest BCUT2D eigenvalue weighted by Crippen LogP contribution is -2.60. The summed E-state index contributed by atoms with van der Waals surface area (Å²) < 4.78 is 5.57. The summed E-state index contributed by atoms with van der Waals surface area (Å²) >= 11 is 0. The standard InChI is InChI=1S/C23H27N3O2/c27-23(20-17-8-4-5-9-19(17)28-24-20)26-14-18(15-6-2-1-3-7-15)22-21(26)16-10-12-25(22)13-11-16/h1-3,6-7,16,18,21-22H,4-5,8-14H2/t18-,21+,22+/m0/s1. The largest absolute Gasteiger partial charge is 0.360 e. The third-order valence-corrected chi connectivity index (χ3v) is 7.64. The van der Waals surface area contributed by atoms with E-state index in [2.05, 4.69) is 45.3 Å². The van der Waals surface area contributed by atoms with Gasteiger partial charge in [-0.25, -0.2) is 0 Å². The summed E-state index contributed by atoms with van der Waals surface area (Å²) in [5.74, 6) is 2.06. The molecule has 2 bridgehead atoms. The van der Waals surface area contributed by atoms with Crippen LogP contribution in [0.4, 0.5) is 0 Å². The van der Waals surface area contributed by atoms with Crippen molar-refractivity contribution in [1.82, 2.24) is 15.0 Å². The van der Waals surface area contributed by atoms with Crippen molar-refractivity contribution in [1.29, 1.82) is 0 Å². The van der Waals surface area contributed by atoms with Gasteiger partial charge in [-0.05, 0) is 56.7 Å². The zero-order chi connectivity index (χ0) is 18.7. The first-order valence-electron chi connectivity index (χ1n) is 10.9. The molecule has 1 amide bonds. The molecule has 146 valence electrons. The highest BCUT2D eigenvalue weighted by molar-refractivity contribution is 5.94. The Labute approximate surface area is 165 Å². The van der Waals surface area contributed by atoms with Crippen LogP contribution in [0, 0.1) is 5.92 Å². The molecule has 5 heteroatoms. The van der Waals surface area contributed by atoms with Crippen molar-refractivity contribution >= 4 is 5.91 Å². The monoisotopic (exact) mass is 377 g/mol. The second-order valence-corrected chi connectivity index (χ2v) is 8.97. The summed E-state index contributed by atoms with van der Waals surface area (Å²) in [6, 6.07) is 11.6. The third kappa shape index (κ3) is 2.41. The molecule has 4 saturated heterocycles. The van der Waals surface area contributed by atoms with Gasteiger partial charge in [0.2, 0.25) is 0 Å². The number of carbonyl (C=O) groups excluding carboxylic acids is 1. The van der Waals surface area contributed by atoms with Gasteiger partial charge in [-0.1, -0.05) is 35.5 Å². The predicted molar refractivity (Wildman–Crippen MR) is 105 cm³/mol. The Morgan fingerprint density at radius 1 is 1.04 bits per heavy atom. The number of benzene rings is 1. The van der Waals surface area contributed by atoms with Crippen molar-refractivity contribution < 1.29 is 9.32 Å². The van der Waals surface area contributed by atoms with Crippen LogP contribution in [0.2, 0.25) is 0 Å². The summed E-state index contributed by atoms with van der Waals surface area (Å²) in [5, 5.41) is 4.26. The average molecular weight is 377 g/mol. The third-order valence-electron chi connectivity index (χ3n) is 7.64. The number of likely N-dealkylation sites (tertiary alicyclic amines) is 1. The number of hydrogen-bond donors (Lipinski definition) is 0. The van der Waals surface area contributed by atoms with E-state index in [9.17, 15) is 4.79 Å². The van der Waals surface area contributed by atoms with Crippen molar-refractivity contribution in [3.05, 3.63) is 52.9 Å². The minimum Gasteiger partial charge on any atom is -0.360 e. The van der Waals surface area contributed by atoms with Crippen molar-refractivity contribution in [3.8, 4) is 0 Å². The molecule has 4 aliphatic heterocycles. The van der Waals surface area contributed by atoms with Gasteiger partial charge in [-0.15, -0.1) is 0 Å². The van der Waals surface area contributed by atoms with E-state index in [1.165, 1.54) is 31.5 Å². The minimum atomic E-state index is 0.106. The molecular formula is C23H27N3O2. The van der Waals surface area contributed by atoms with E-state index < -0.39 is 0 Å². The molecule has 1 aromatic carbocycles. The lowest BCUT2D eigenvalue weighted by atomic mass is 9.75. The second kappa shape index (κ2) is 6.45. The topological polar surface area (TPSA) is 49.6 Å². The summed E-state index contributed by atoms with van der Waals surface area (Å²) in [4.78, 5) is 18.5. The van der Waals surface area contributed by atoms with Crippen LogP contribution in [0.15, 0.2) is 34.9 Å². The highest BCUT2D eigenvalue weighted by Gasteiger charge is 2.55. The van der Waals surface area contributed by atoms with Crippen LogP contribution in [0.1, 0.15) is 59.0 Å². The van der Waals surface area contributed by atoms with Crippen LogP contribution in [-0.4, -0.2) is 52.6 Å². The Hall–Kier alpha value is -2.14.